The number of hydrogen-bond acceptors (Lipinski definition) is 2. The van der Waals surface area contributed by atoms with Crippen LogP contribution in [0.2, 0.25) is 0 Å². The first kappa shape index (κ1) is 15.2. The van der Waals surface area contributed by atoms with Crippen LogP contribution in [0.3, 0.4) is 0 Å². The summed E-state index contributed by atoms with van der Waals surface area (Å²) in [5, 5.41) is 7.12. The molecule has 0 bridgehead atoms. The van der Waals surface area contributed by atoms with Crippen LogP contribution in [0.5, 0.6) is 0 Å². The minimum Gasteiger partial charge on any atom is -0.475 e. The Bertz CT molecular complexity index is 198. The van der Waals surface area contributed by atoms with E-state index in [0.717, 1.165) is 0 Å². The summed E-state index contributed by atoms with van der Waals surface area (Å²) < 4.78 is 31.7. The Labute approximate surface area is 93.2 Å². The van der Waals surface area contributed by atoms with E-state index in [9.17, 15) is 13.2 Å². The normalized spacial score (nSPS) is 17.5. The Hall–Kier alpha value is -0.780. The van der Waals surface area contributed by atoms with Crippen molar-refractivity contribution < 1.29 is 23.1 Å². The maximum Gasteiger partial charge on any atom is 0.490 e. The molecule has 6 heteroatoms. The molecule has 0 aromatic rings. The minimum absolute atomic E-state index is 1.32. The molecule has 0 aromatic carbocycles. The highest BCUT2D eigenvalue weighted by Gasteiger charge is 2.38. The predicted octanol–water partition coefficient (Wildman–Crippen LogP) is 2.52. The van der Waals surface area contributed by atoms with Crippen LogP contribution in [0, 0.1) is 0 Å². The number of carbonyl (C=O) groups is 1. The van der Waals surface area contributed by atoms with Crippen LogP contribution < -0.4 is 0 Å². The number of piperidine rings is 1. The van der Waals surface area contributed by atoms with Crippen LogP contribution in [0.4, 0.5) is 13.2 Å². The molecule has 0 unspecified atom stereocenters. The van der Waals surface area contributed by atoms with Crippen molar-refractivity contribution >= 4 is 5.97 Å². The Kier molecular flexibility index (Phi) is 7.12. The van der Waals surface area contributed by atoms with Gasteiger partial charge in [-0.15, -0.1) is 0 Å². The lowest BCUT2D eigenvalue weighted by Gasteiger charge is -2.25. The average Bonchev–Trinajstić information content (AvgIpc) is 2.19. The van der Waals surface area contributed by atoms with Gasteiger partial charge in [-0.1, -0.05) is 13.3 Å². The second kappa shape index (κ2) is 7.49. The lowest BCUT2D eigenvalue weighted by Crippen LogP contribution is -2.30. The SMILES string of the molecule is CCCN1CCCCC1.O=C(O)C(F)(F)F. The molecule has 1 heterocycles. The van der Waals surface area contributed by atoms with E-state index in [0.29, 0.717) is 0 Å². The van der Waals surface area contributed by atoms with Gasteiger partial charge in [-0.05, 0) is 38.9 Å². The Morgan fingerprint density at radius 1 is 1.25 bits per heavy atom. The fourth-order valence-electron chi connectivity index (χ4n) is 1.50. The summed E-state index contributed by atoms with van der Waals surface area (Å²) in [5.74, 6) is -2.76. The number of nitrogens with zero attached hydrogens (tertiary/aromatic N) is 1. The van der Waals surface area contributed by atoms with E-state index in [-0.39, 0.29) is 0 Å². The van der Waals surface area contributed by atoms with Gasteiger partial charge in [0.2, 0.25) is 0 Å². The highest BCUT2D eigenvalue weighted by molar-refractivity contribution is 5.73. The van der Waals surface area contributed by atoms with E-state index in [1.54, 1.807) is 0 Å². The molecule has 0 aromatic heterocycles. The van der Waals surface area contributed by atoms with Crippen LogP contribution in [0.25, 0.3) is 0 Å². The van der Waals surface area contributed by atoms with Gasteiger partial charge in [0.15, 0.2) is 0 Å². The van der Waals surface area contributed by atoms with Crippen molar-refractivity contribution in [3.8, 4) is 0 Å². The van der Waals surface area contributed by atoms with E-state index in [4.69, 9.17) is 9.90 Å². The Morgan fingerprint density at radius 2 is 1.69 bits per heavy atom. The molecule has 1 aliphatic heterocycles. The summed E-state index contributed by atoms with van der Waals surface area (Å²) in [6.07, 6.45) is 0.556. The van der Waals surface area contributed by atoms with E-state index < -0.39 is 12.1 Å². The smallest absolute Gasteiger partial charge is 0.475 e. The number of likely N-dealkylation sites (tertiary alicyclic amines) is 1. The van der Waals surface area contributed by atoms with Crippen molar-refractivity contribution in [2.75, 3.05) is 19.6 Å². The highest BCUT2D eigenvalue weighted by atomic mass is 19.4. The molecule has 96 valence electrons. The van der Waals surface area contributed by atoms with Gasteiger partial charge < -0.3 is 10.0 Å². The van der Waals surface area contributed by atoms with Gasteiger partial charge in [-0.2, -0.15) is 13.2 Å². The molecule has 0 amide bonds. The van der Waals surface area contributed by atoms with E-state index in [2.05, 4.69) is 11.8 Å². The van der Waals surface area contributed by atoms with Crippen LogP contribution in [0.15, 0.2) is 0 Å². The number of carboxylic acids is 1. The third kappa shape index (κ3) is 7.50. The van der Waals surface area contributed by atoms with Gasteiger partial charge in [0, 0.05) is 0 Å². The molecule has 1 saturated heterocycles. The minimum atomic E-state index is -5.08. The molecule has 1 rings (SSSR count). The second-order valence-electron chi connectivity index (χ2n) is 3.71. The molecule has 1 N–H and O–H groups in total. The molecule has 0 atom stereocenters. The largest absolute Gasteiger partial charge is 0.490 e. The van der Waals surface area contributed by atoms with E-state index in [1.165, 1.54) is 45.3 Å². The molecule has 0 spiro atoms. The Balaban J connectivity index is 0.000000293. The summed E-state index contributed by atoms with van der Waals surface area (Å²) in [6, 6.07) is 0. The highest BCUT2D eigenvalue weighted by Crippen LogP contribution is 2.13. The topological polar surface area (TPSA) is 40.5 Å². The number of halogens is 3. The quantitative estimate of drug-likeness (QED) is 0.807. The third-order valence-corrected chi connectivity index (χ3v) is 2.23. The zero-order chi connectivity index (χ0) is 12.6. The van der Waals surface area contributed by atoms with Gasteiger partial charge in [-0.3, -0.25) is 0 Å². The predicted molar refractivity (Wildman–Crippen MR) is 54.3 cm³/mol. The standard InChI is InChI=1S/C8H17N.C2HF3O2/c1-2-6-9-7-4-3-5-8-9;3-2(4,5)1(6)7/h2-8H2,1H3;(H,6,7). The maximum atomic E-state index is 10.6. The van der Waals surface area contributed by atoms with Crippen LogP contribution in [0.1, 0.15) is 32.6 Å². The van der Waals surface area contributed by atoms with Crippen molar-refractivity contribution in [2.45, 2.75) is 38.8 Å². The van der Waals surface area contributed by atoms with Gasteiger partial charge >= 0.3 is 12.1 Å². The van der Waals surface area contributed by atoms with Crippen molar-refractivity contribution in [3.63, 3.8) is 0 Å². The van der Waals surface area contributed by atoms with E-state index >= 15 is 0 Å². The molecule has 16 heavy (non-hydrogen) atoms. The number of hydrogen-bond donors (Lipinski definition) is 1. The summed E-state index contributed by atoms with van der Waals surface area (Å²) in [7, 11) is 0. The van der Waals surface area contributed by atoms with Gasteiger partial charge in [0.1, 0.15) is 0 Å². The summed E-state index contributed by atoms with van der Waals surface area (Å²) in [5.41, 5.74) is 0. The second-order valence-corrected chi connectivity index (χ2v) is 3.71. The number of aliphatic carboxylic acids is 1. The first-order valence-corrected chi connectivity index (χ1v) is 5.40. The van der Waals surface area contributed by atoms with Crippen molar-refractivity contribution in [1.82, 2.24) is 4.90 Å². The Morgan fingerprint density at radius 3 is 2.00 bits per heavy atom. The van der Waals surface area contributed by atoms with Gasteiger partial charge in [-0.25, -0.2) is 4.79 Å². The van der Waals surface area contributed by atoms with Crippen molar-refractivity contribution in [1.29, 1.82) is 0 Å². The van der Waals surface area contributed by atoms with Crippen LogP contribution in [-0.2, 0) is 4.79 Å². The molecule has 3 nitrogen and oxygen atoms in total. The monoisotopic (exact) mass is 241 g/mol. The fraction of sp³-hybridized carbons (Fsp3) is 0.900. The number of rotatable bonds is 2. The number of carboxylic acid groups (broad SMARTS) is 1. The van der Waals surface area contributed by atoms with Gasteiger partial charge in [0.05, 0.1) is 0 Å². The molecule has 0 saturated carbocycles. The van der Waals surface area contributed by atoms with Crippen LogP contribution >= 0.6 is 0 Å². The van der Waals surface area contributed by atoms with E-state index in [1.807, 2.05) is 0 Å². The first-order valence-electron chi connectivity index (χ1n) is 5.40. The summed E-state index contributed by atoms with van der Waals surface area (Å²) >= 11 is 0. The lowest BCUT2D eigenvalue weighted by atomic mass is 10.1. The third-order valence-electron chi connectivity index (χ3n) is 2.23. The van der Waals surface area contributed by atoms with Crippen molar-refractivity contribution in [2.24, 2.45) is 0 Å². The molecule has 0 aliphatic carbocycles. The molecule has 1 fully saturated rings. The lowest BCUT2D eigenvalue weighted by molar-refractivity contribution is -0.192. The first-order chi connectivity index (χ1) is 7.38. The zero-order valence-corrected chi connectivity index (χ0v) is 9.39. The molecule has 1 aliphatic rings. The number of alkyl halides is 3. The maximum absolute atomic E-state index is 10.6. The molecular formula is C10H18F3NO2. The summed E-state index contributed by atoms with van der Waals surface area (Å²) in [6.45, 7) is 6.29. The van der Waals surface area contributed by atoms with Crippen LogP contribution in [-0.4, -0.2) is 41.8 Å². The van der Waals surface area contributed by atoms with Gasteiger partial charge in [0.25, 0.3) is 0 Å². The zero-order valence-electron chi connectivity index (χ0n) is 9.39. The molecule has 0 radical (unpaired) electrons. The summed E-state index contributed by atoms with van der Waals surface area (Å²) in [4.78, 5) is 11.5. The molecular weight excluding hydrogens is 223 g/mol. The average molecular weight is 241 g/mol. The fourth-order valence-corrected chi connectivity index (χ4v) is 1.50. The van der Waals surface area contributed by atoms with Crippen molar-refractivity contribution in [3.05, 3.63) is 0 Å².